The van der Waals surface area contributed by atoms with Crippen LogP contribution >= 0.6 is 15.9 Å². The number of nitrogens with zero attached hydrogens (tertiary/aromatic N) is 1. The second-order valence-electron chi connectivity index (χ2n) is 6.09. The highest BCUT2D eigenvalue weighted by molar-refractivity contribution is 9.10. The third-order valence-corrected chi connectivity index (χ3v) is 5.31. The van der Waals surface area contributed by atoms with Gasteiger partial charge in [0.05, 0.1) is 6.10 Å². The smallest absolute Gasteiger partial charge is 0.220 e. The molecule has 2 heterocycles. The molecule has 2 saturated heterocycles. The molecular weight excluding hydrogens is 332 g/mol. The second-order valence-corrected chi connectivity index (χ2v) is 6.94. The highest BCUT2D eigenvalue weighted by Gasteiger charge is 2.33. The van der Waals surface area contributed by atoms with Crippen molar-refractivity contribution in [1.82, 2.24) is 5.32 Å². The number of hydrogen-bond acceptors (Lipinski definition) is 3. The van der Waals surface area contributed by atoms with Gasteiger partial charge in [-0.2, -0.15) is 0 Å². The van der Waals surface area contributed by atoms with Crippen LogP contribution in [0.1, 0.15) is 37.9 Å². The Hall–Kier alpha value is -1.07. The van der Waals surface area contributed by atoms with Gasteiger partial charge in [-0.05, 0) is 43.4 Å². The Morgan fingerprint density at radius 1 is 1.43 bits per heavy atom. The first kappa shape index (κ1) is 14.9. The van der Waals surface area contributed by atoms with Crippen LogP contribution in [0.4, 0.5) is 5.69 Å². The van der Waals surface area contributed by atoms with Crippen molar-refractivity contribution in [3.63, 3.8) is 0 Å². The first-order valence-electron chi connectivity index (χ1n) is 7.56. The van der Waals surface area contributed by atoms with Gasteiger partial charge in [-0.3, -0.25) is 4.79 Å². The van der Waals surface area contributed by atoms with Crippen LogP contribution in [0.5, 0.6) is 0 Å². The number of carbonyl (C=O) groups excluding carboxylic acids is 1. The number of aliphatic hydroxyl groups excluding tert-OH is 1. The monoisotopic (exact) mass is 352 g/mol. The lowest BCUT2D eigenvalue weighted by molar-refractivity contribution is -0.124. The molecule has 2 aliphatic rings. The minimum absolute atomic E-state index is 0.203. The lowest BCUT2D eigenvalue weighted by Crippen LogP contribution is -2.54. The molecule has 5 heteroatoms. The molecule has 2 N–H and O–H groups in total. The maximum absolute atomic E-state index is 11.5. The quantitative estimate of drug-likeness (QED) is 0.860. The van der Waals surface area contributed by atoms with E-state index in [2.05, 4.69) is 38.3 Å². The van der Waals surface area contributed by atoms with Crippen molar-refractivity contribution >= 4 is 27.5 Å². The Bertz CT molecular complexity index is 547. The van der Waals surface area contributed by atoms with E-state index in [0.29, 0.717) is 18.4 Å². The summed E-state index contributed by atoms with van der Waals surface area (Å²) in [4.78, 5) is 13.8. The van der Waals surface area contributed by atoms with Gasteiger partial charge in [-0.1, -0.05) is 22.0 Å². The summed E-state index contributed by atoms with van der Waals surface area (Å²) in [6.45, 7) is 3.73. The maximum atomic E-state index is 11.5. The molecule has 21 heavy (non-hydrogen) atoms. The van der Waals surface area contributed by atoms with E-state index in [1.807, 2.05) is 6.07 Å². The summed E-state index contributed by atoms with van der Waals surface area (Å²) < 4.78 is 0.953. The van der Waals surface area contributed by atoms with Crippen molar-refractivity contribution in [2.24, 2.45) is 5.92 Å². The van der Waals surface area contributed by atoms with Crippen molar-refractivity contribution in [2.75, 3.05) is 18.0 Å². The summed E-state index contributed by atoms with van der Waals surface area (Å²) in [5, 5.41) is 12.8. The minimum Gasteiger partial charge on any atom is -0.389 e. The molecule has 1 aromatic rings. The van der Waals surface area contributed by atoms with Crippen molar-refractivity contribution in [3.8, 4) is 0 Å². The number of amides is 1. The average molecular weight is 353 g/mol. The maximum Gasteiger partial charge on any atom is 0.220 e. The molecule has 1 aromatic carbocycles. The van der Waals surface area contributed by atoms with Gasteiger partial charge in [0.1, 0.15) is 0 Å². The third-order valence-electron chi connectivity index (χ3n) is 4.62. The first-order chi connectivity index (χ1) is 10.0. The van der Waals surface area contributed by atoms with Gasteiger partial charge in [-0.25, -0.2) is 0 Å². The number of anilines is 1. The SMILES string of the molecule is C[C@@H](O)c1ccc(N2CCC3NC(=O)CCC3C2)cc1Br. The summed E-state index contributed by atoms with van der Waals surface area (Å²) in [7, 11) is 0. The Balaban J connectivity index is 1.73. The average Bonchev–Trinajstić information content (AvgIpc) is 2.46. The van der Waals surface area contributed by atoms with Crippen LogP contribution in [-0.4, -0.2) is 30.1 Å². The summed E-state index contributed by atoms with van der Waals surface area (Å²) >= 11 is 3.55. The van der Waals surface area contributed by atoms with Crippen LogP contribution in [-0.2, 0) is 4.79 Å². The largest absolute Gasteiger partial charge is 0.389 e. The van der Waals surface area contributed by atoms with Gasteiger partial charge in [0.25, 0.3) is 0 Å². The highest BCUT2D eigenvalue weighted by Crippen LogP contribution is 2.32. The molecule has 114 valence electrons. The van der Waals surface area contributed by atoms with Crippen LogP contribution in [0.25, 0.3) is 0 Å². The number of benzene rings is 1. The van der Waals surface area contributed by atoms with Gasteiger partial charge in [0.2, 0.25) is 5.91 Å². The fourth-order valence-electron chi connectivity index (χ4n) is 3.40. The number of aliphatic hydroxyl groups is 1. The molecule has 2 unspecified atom stereocenters. The second kappa shape index (κ2) is 5.97. The number of nitrogens with one attached hydrogen (secondary N) is 1. The van der Waals surface area contributed by atoms with Gasteiger partial charge in [0, 0.05) is 35.7 Å². The molecule has 0 saturated carbocycles. The van der Waals surface area contributed by atoms with E-state index in [1.165, 1.54) is 5.69 Å². The molecule has 0 aromatic heterocycles. The number of halogens is 1. The predicted octanol–water partition coefficient (Wildman–Crippen LogP) is 2.61. The zero-order valence-electron chi connectivity index (χ0n) is 12.2. The zero-order valence-corrected chi connectivity index (χ0v) is 13.8. The normalized spacial score (nSPS) is 27.0. The molecule has 4 nitrogen and oxygen atoms in total. The van der Waals surface area contributed by atoms with Crippen LogP contribution in [0.2, 0.25) is 0 Å². The Morgan fingerprint density at radius 3 is 2.95 bits per heavy atom. The van der Waals surface area contributed by atoms with E-state index in [1.54, 1.807) is 6.92 Å². The lowest BCUT2D eigenvalue weighted by Gasteiger charge is -2.42. The van der Waals surface area contributed by atoms with E-state index in [0.717, 1.165) is 36.0 Å². The van der Waals surface area contributed by atoms with E-state index in [4.69, 9.17) is 0 Å². The zero-order chi connectivity index (χ0) is 15.0. The third kappa shape index (κ3) is 3.09. The Kier molecular flexibility index (Phi) is 4.22. The van der Waals surface area contributed by atoms with E-state index in [9.17, 15) is 9.90 Å². The number of rotatable bonds is 2. The molecule has 0 spiro atoms. The lowest BCUT2D eigenvalue weighted by atomic mass is 9.85. The van der Waals surface area contributed by atoms with Gasteiger partial charge >= 0.3 is 0 Å². The molecule has 0 radical (unpaired) electrons. The standard InChI is InChI=1S/C16H21BrN2O2/c1-10(20)13-4-3-12(8-14(13)17)19-7-6-15-11(9-19)2-5-16(21)18-15/h3-4,8,10-11,15,20H,2,5-7,9H2,1H3,(H,18,21)/t10-,11?,15?/m1/s1. The molecule has 2 fully saturated rings. The summed E-state index contributed by atoms with van der Waals surface area (Å²) in [6.07, 6.45) is 2.18. The fourth-order valence-corrected chi connectivity index (χ4v) is 4.09. The van der Waals surface area contributed by atoms with E-state index in [-0.39, 0.29) is 5.91 Å². The Morgan fingerprint density at radius 2 is 2.24 bits per heavy atom. The number of piperidine rings is 2. The van der Waals surface area contributed by atoms with Crippen LogP contribution < -0.4 is 10.2 Å². The van der Waals surface area contributed by atoms with E-state index >= 15 is 0 Å². The van der Waals surface area contributed by atoms with Crippen LogP contribution in [0.3, 0.4) is 0 Å². The van der Waals surface area contributed by atoms with Crippen molar-refractivity contribution in [1.29, 1.82) is 0 Å². The van der Waals surface area contributed by atoms with Crippen LogP contribution in [0.15, 0.2) is 22.7 Å². The van der Waals surface area contributed by atoms with Crippen molar-refractivity contribution in [3.05, 3.63) is 28.2 Å². The molecule has 3 atom stereocenters. The molecule has 0 bridgehead atoms. The number of carbonyl (C=O) groups is 1. The molecular formula is C16H21BrN2O2. The van der Waals surface area contributed by atoms with Gasteiger partial charge in [-0.15, -0.1) is 0 Å². The fraction of sp³-hybridized carbons (Fsp3) is 0.562. The minimum atomic E-state index is -0.465. The Labute approximate surface area is 133 Å². The highest BCUT2D eigenvalue weighted by atomic mass is 79.9. The summed E-state index contributed by atoms with van der Waals surface area (Å²) in [6, 6.07) is 6.50. The molecule has 0 aliphatic carbocycles. The first-order valence-corrected chi connectivity index (χ1v) is 8.35. The van der Waals surface area contributed by atoms with E-state index < -0.39 is 6.10 Å². The molecule has 2 aliphatic heterocycles. The predicted molar refractivity (Wildman–Crippen MR) is 86.3 cm³/mol. The molecule has 3 rings (SSSR count). The number of fused-ring (bicyclic) bond motifs is 1. The summed E-state index contributed by atoms with van der Waals surface area (Å²) in [5.41, 5.74) is 2.10. The van der Waals surface area contributed by atoms with Gasteiger partial charge in [0.15, 0.2) is 0 Å². The number of hydrogen-bond donors (Lipinski definition) is 2. The van der Waals surface area contributed by atoms with Crippen molar-refractivity contribution in [2.45, 2.75) is 38.3 Å². The molecule has 1 amide bonds. The summed E-state index contributed by atoms with van der Waals surface area (Å²) in [5.74, 6) is 0.750. The van der Waals surface area contributed by atoms with Crippen LogP contribution in [0, 0.1) is 5.92 Å². The van der Waals surface area contributed by atoms with Gasteiger partial charge < -0.3 is 15.3 Å². The van der Waals surface area contributed by atoms with Crippen molar-refractivity contribution < 1.29 is 9.90 Å². The topological polar surface area (TPSA) is 52.6 Å².